The molecule has 8 heteroatoms. The Morgan fingerprint density at radius 1 is 1.16 bits per heavy atom. The molecule has 7 nitrogen and oxygen atoms in total. The van der Waals surface area contributed by atoms with Gasteiger partial charge in [0, 0.05) is 75.9 Å². The number of piperazine rings is 1. The van der Waals surface area contributed by atoms with Crippen LogP contribution in [0.25, 0.3) is 0 Å². The molecule has 134 valence electrons. The largest absolute Gasteiger partial charge is 0.335 e. The van der Waals surface area contributed by atoms with Gasteiger partial charge in [-0.05, 0) is 17.7 Å². The van der Waals surface area contributed by atoms with Crippen molar-refractivity contribution in [2.45, 2.75) is 19.5 Å². The Bertz CT molecular complexity index is 711. The molecular formula is C17H23ClN6O. The fourth-order valence-corrected chi connectivity index (χ4v) is 3.41. The first-order chi connectivity index (χ1) is 11.8. The maximum Gasteiger partial charge on any atom is 0.274 e. The van der Waals surface area contributed by atoms with Crippen molar-refractivity contribution in [3.8, 4) is 0 Å². The van der Waals surface area contributed by atoms with E-state index in [-0.39, 0.29) is 18.3 Å². The van der Waals surface area contributed by atoms with E-state index < -0.39 is 0 Å². The van der Waals surface area contributed by atoms with E-state index in [1.54, 1.807) is 0 Å². The van der Waals surface area contributed by atoms with Gasteiger partial charge in [-0.25, -0.2) is 0 Å². The fourth-order valence-electron chi connectivity index (χ4n) is 3.41. The number of pyridine rings is 1. The number of amides is 1. The zero-order valence-corrected chi connectivity index (χ0v) is 14.9. The predicted molar refractivity (Wildman–Crippen MR) is 96.7 cm³/mol. The van der Waals surface area contributed by atoms with Crippen molar-refractivity contribution < 1.29 is 4.79 Å². The number of H-pyrrole nitrogens is 1. The van der Waals surface area contributed by atoms with Crippen LogP contribution in [-0.4, -0.2) is 63.6 Å². The smallest absolute Gasteiger partial charge is 0.274 e. The lowest BCUT2D eigenvalue weighted by Gasteiger charge is -2.34. The number of halogens is 1. The molecule has 2 N–H and O–H groups in total. The molecular weight excluding hydrogens is 340 g/mol. The summed E-state index contributed by atoms with van der Waals surface area (Å²) in [6.07, 6.45) is 4.56. The molecule has 4 heterocycles. The van der Waals surface area contributed by atoms with Crippen molar-refractivity contribution >= 4 is 18.3 Å². The summed E-state index contributed by atoms with van der Waals surface area (Å²) < 4.78 is 0. The lowest BCUT2D eigenvalue weighted by Crippen LogP contribution is -2.48. The van der Waals surface area contributed by atoms with Gasteiger partial charge < -0.3 is 10.2 Å². The third-order valence-corrected chi connectivity index (χ3v) is 4.82. The molecule has 25 heavy (non-hydrogen) atoms. The van der Waals surface area contributed by atoms with Gasteiger partial charge in [0.25, 0.3) is 5.91 Å². The zero-order valence-electron chi connectivity index (χ0n) is 14.1. The highest BCUT2D eigenvalue weighted by Crippen LogP contribution is 2.18. The molecule has 0 saturated carbocycles. The number of aromatic nitrogens is 3. The SMILES string of the molecule is Cl.O=C(c1n[nH]c2c1CNCC2)N1CCN(Cc2ccncc2)CC1. The molecule has 2 aliphatic heterocycles. The monoisotopic (exact) mass is 362 g/mol. The molecule has 0 bridgehead atoms. The van der Waals surface area contributed by atoms with Gasteiger partial charge in [-0.3, -0.25) is 19.8 Å². The van der Waals surface area contributed by atoms with E-state index in [9.17, 15) is 4.79 Å². The molecule has 2 aliphatic rings. The van der Waals surface area contributed by atoms with Crippen molar-refractivity contribution in [1.29, 1.82) is 0 Å². The number of nitrogens with zero attached hydrogens (tertiary/aromatic N) is 4. The van der Waals surface area contributed by atoms with E-state index >= 15 is 0 Å². The average Bonchev–Trinajstić information content (AvgIpc) is 3.07. The first kappa shape index (κ1) is 17.8. The quantitative estimate of drug-likeness (QED) is 0.845. The highest BCUT2D eigenvalue weighted by atomic mass is 35.5. The fraction of sp³-hybridized carbons (Fsp3) is 0.471. The number of fused-ring (bicyclic) bond motifs is 1. The summed E-state index contributed by atoms with van der Waals surface area (Å²) in [7, 11) is 0. The van der Waals surface area contributed by atoms with Crippen LogP contribution in [0.5, 0.6) is 0 Å². The summed E-state index contributed by atoms with van der Waals surface area (Å²) in [6, 6.07) is 4.08. The topological polar surface area (TPSA) is 77.2 Å². The standard InChI is InChI=1S/C17H22N6O.ClH/c24-17(16-14-11-19-6-3-15(14)20-21-16)23-9-7-22(8-10-23)12-13-1-4-18-5-2-13;/h1-2,4-5,19H,3,6-12H2,(H,20,21);1H. The summed E-state index contributed by atoms with van der Waals surface area (Å²) in [5.74, 6) is 0.0553. The number of nitrogens with one attached hydrogen (secondary N) is 2. The summed E-state index contributed by atoms with van der Waals surface area (Å²) in [6.45, 7) is 5.85. The van der Waals surface area contributed by atoms with Gasteiger partial charge >= 0.3 is 0 Å². The summed E-state index contributed by atoms with van der Waals surface area (Å²) in [5, 5.41) is 10.6. The minimum atomic E-state index is 0. The van der Waals surface area contributed by atoms with Crippen LogP contribution in [0.4, 0.5) is 0 Å². The Morgan fingerprint density at radius 3 is 2.68 bits per heavy atom. The molecule has 0 aliphatic carbocycles. The lowest BCUT2D eigenvalue weighted by molar-refractivity contribution is 0.0621. The number of carbonyl (C=O) groups excluding carboxylic acids is 1. The molecule has 1 amide bonds. The molecule has 1 fully saturated rings. The second-order valence-corrected chi connectivity index (χ2v) is 6.38. The molecule has 2 aromatic rings. The third-order valence-electron chi connectivity index (χ3n) is 4.82. The molecule has 1 saturated heterocycles. The number of rotatable bonds is 3. The minimum Gasteiger partial charge on any atom is -0.335 e. The van der Waals surface area contributed by atoms with Crippen molar-refractivity contribution in [2.75, 3.05) is 32.7 Å². The maximum absolute atomic E-state index is 12.8. The van der Waals surface area contributed by atoms with Crippen LogP contribution >= 0.6 is 12.4 Å². The molecule has 0 spiro atoms. The van der Waals surface area contributed by atoms with E-state index in [0.29, 0.717) is 5.69 Å². The Hall–Kier alpha value is -1.96. The van der Waals surface area contributed by atoms with Crippen molar-refractivity contribution in [1.82, 2.24) is 30.3 Å². The average molecular weight is 363 g/mol. The maximum atomic E-state index is 12.8. The van der Waals surface area contributed by atoms with E-state index in [1.807, 2.05) is 29.4 Å². The van der Waals surface area contributed by atoms with Crippen molar-refractivity contribution in [3.05, 3.63) is 47.0 Å². The second-order valence-electron chi connectivity index (χ2n) is 6.38. The summed E-state index contributed by atoms with van der Waals surface area (Å²) in [5.41, 5.74) is 4.01. The van der Waals surface area contributed by atoms with Crippen LogP contribution in [0.3, 0.4) is 0 Å². The lowest BCUT2D eigenvalue weighted by atomic mass is 10.1. The van der Waals surface area contributed by atoms with Crippen LogP contribution in [0.15, 0.2) is 24.5 Å². The molecule has 2 aromatic heterocycles. The Balaban J connectivity index is 0.00000182. The normalized spacial score (nSPS) is 17.7. The van der Waals surface area contributed by atoms with Crippen LogP contribution in [-0.2, 0) is 19.5 Å². The molecule has 0 radical (unpaired) electrons. The van der Waals surface area contributed by atoms with Gasteiger partial charge in [-0.1, -0.05) is 0 Å². The minimum absolute atomic E-state index is 0. The summed E-state index contributed by atoms with van der Waals surface area (Å²) >= 11 is 0. The van der Waals surface area contributed by atoms with Gasteiger partial charge in [-0.15, -0.1) is 12.4 Å². The van der Waals surface area contributed by atoms with Crippen molar-refractivity contribution in [3.63, 3.8) is 0 Å². The molecule has 0 unspecified atom stereocenters. The summed E-state index contributed by atoms with van der Waals surface area (Å²) in [4.78, 5) is 21.1. The molecule has 4 rings (SSSR count). The van der Waals surface area contributed by atoms with Gasteiger partial charge in [-0.2, -0.15) is 5.10 Å². The van der Waals surface area contributed by atoms with Crippen LogP contribution in [0.2, 0.25) is 0 Å². The molecule has 0 atom stereocenters. The number of carbonyl (C=O) groups is 1. The number of aromatic amines is 1. The first-order valence-corrected chi connectivity index (χ1v) is 8.48. The van der Waals surface area contributed by atoms with Gasteiger partial charge in [0.1, 0.15) is 0 Å². The highest BCUT2D eigenvalue weighted by molar-refractivity contribution is 5.94. The Morgan fingerprint density at radius 2 is 1.92 bits per heavy atom. The van der Waals surface area contributed by atoms with Crippen molar-refractivity contribution in [2.24, 2.45) is 0 Å². The van der Waals surface area contributed by atoms with E-state index in [0.717, 1.165) is 63.5 Å². The second kappa shape index (κ2) is 7.95. The van der Waals surface area contributed by atoms with Gasteiger partial charge in [0.2, 0.25) is 0 Å². The van der Waals surface area contributed by atoms with E-state index in [2.05, 4.69) is 25.4 Å². The molecule has 0 aromatic carbocycles. The van der Waals surface area contributed by atoms with Gasteiger partial charge in [0.05, 0.1) is 0 Å². The van der Waals surface area contributed by atoms with E-state index in [1.165, 1.54) is 5.56 Å². The third kappa shape index (κ3) is 3.84. The van der Waals surface area contributed by atoms with E-state index in [4.69, 9.17) is 0 Å². The Kier molecular flexibility index (Phi) is 5.67. The van der Waals surface area contributed by atoms with Crippen LogP contribution < -0.4 is 5.32 Å². The number of hydrogen-bond acceptors (Lipinski definition) is 5. The first-order valence-electron chi connectivity index (χ1n) is 8.48. The predicted octanol–water partition coefficient (Wildman–Crippen LogP) is 0.830. The highest BCUT2D eigenvalue weighted by Gasteiger charge is 2.27. The zero-order chi connectivity index (χ0) is 16.4. The van der Waals surface area contributed by atoms with Crippen LogP contribution in [0.1, 0.15) is 27.3 Å². The van der Waals surface area contributed by atoms with Gasteiger partial charge in [0.15, 0.2) is 5.69 Å². The number of hydrogen-bond donors (Lipinski definition) is 2. The van der Waals surface area contributed by atoms with Crippen LogP contribution in [0, 0.1) is 0 Å². The Labute approximate surface area is 153 Å².